The molecule has 0 fully saturated rings. The zero-order valence-corrected chi connectivity index (χ0v) is 13.6. The molecule has 0 bridgehead atoms. The Kier molecular flexibility index (Phi) is 4.79. The maximum Gasteiger partial charge on any atom is 0.341 e. The number of rotatable bonds is 4. The van der Waals surface area contributed by atoms with Gasteiger partial charge < -0.3 is 9.84 Å². The smallest absolute Gasteiger partial charge is 0.341 e. The van der Waals surface area contributed by atoms with E-state index >= 15 is 0 Å². The first-order valence-corrected chi connectivity index (χ1v) is 7.35. The predicted molar refractivity (Wildman–Crippen MR) is 81.7 cm³/mol. The minimum absolute atomic E-state index is 0.148. The van der Waals surface area contributed by atoms with Gasteiger partial charge in [0.2, 0.25) is 0 Å². The molecular weight excluding hydrogens is 301 g/mol. The van der Waals surface area contributed by atoms with Crippen LogP contribution in [0.25, 0.3) is 5.69 Å². The molecule has 0 aliphatic heterocycles. The minimum Gasteiger partial charge on any atom is -0.456 e. The second-order valence-corrected chi connectivity index (χ2v) is 6.15. The molecule has 1 N–H and O–H groups in total. The summed E-state index contributed by atoms with van der Waals surface area (Å²) in [5.41, 5.74) is -0.0881. The number of hydrogen-bond donors (Lipinski definition) is 1. The minimum atomic E-state index is -0.725. The van der Waals surface area contributed by atoms with Gasteiger partial charge in [-0.2, -0.15) is 15.0 Å². The summed E-state index contributed by atoms with van der Waals surface area (Å²) in [6, 6.07) is 4.00. The monoisotopic (exact) mass is 321 g/mol. The number of aromatic nitrogens is 3. The van der Waals surface area contributed by atoms with E-state index in [1.807, 2.05) is 6.92 Å². The van der Waals surface area contributed by atoms with Gasteiger partial charge in [0.1, 0.15) is 17.1 Å². The van der Waals surface area contributed by atoms with E-state index in [2.05, 4.69) is 10.2 Å². The fraction of sp³-hybridized carbons (Fsp3) is 0.438. The molecule has 124 valence electrons. The summed E-state index contributed by atoms with van der Waals surface area (Å²) in [5.74, 6) is -1.44. The Balaban J connectivity index is 2.25. The highest BCUT2D eigenvalue weighted by atomic mass is 19.1. The molecule has 1 aromatic carbocycles. The van der Waals surface area contributed by atoms with Crippen molar-refractivity contribution < 1.29 is 19.0 Å². The van der Waals surface area contributed by atoms with Crippen molar-refractivity contribution in [1.29, 1.82) is 0 Å². The largest absolute Gasteiger partial charge is 0.456 e. The predicted octanol–water partition coefficient (Wildman–Crippen LogP) is 2.81. The fourth-order valence-electron chi connectivity index (χ4n) is 1.89. The molecule has 0 spiro atoms. The van der Waals surface area contributed by atoms with Gasteiger partial charge in [-0.05, 0) is 39.3 Å². The highest BCUT2D eigenvalue weighted by molar-refractivity contribution is 5.90. The number of hydrogen-bond acceptors (Lipinski definition) is 5. The molecule has 0 unspecified atom stereocenters. The maximum atomic E-state index is 14.2. The Bertz CT molecular complexity index is 707. The lowest BCUT2D eigenvalue weighted by atomic mass is 10.1. The van der Waals surface area contributed by atoms with Crippen molar-refractivity contribution in [2.45, 2.75) is 45.8 Å². The van der Waals surface area contributed by atoms with E-state index in [0.29, 0.717) is 17.8 Å². The summed E-state index contributed by atoms with van der Waals surface area (Å²) in [6.07, 6.45) is 1.22. The highest BCUT2D eigenvalue weighted by Crippen LogP contribution is 2.18. The fourth-order valence-corrected chi connectivity index (χ4v) is 1.89. The Hall–Kier alpha value is -2.28. The van der Waals surface area contributed by atoms with Crippen molar-refractivity contribution in [1.82, 2.24) is 15.0 Å². The van der Waals surface area contributed by atoms with Crippen LogP contribution in [0.1, 0.15) is 56.3 Å². The zero-order chi connectivity index (χ0) is 17.2. The van der Waals surface area contributed by atoms with Gasteiger partial charge in [0.25, 0.3) is 0 Å². The summed E-state index contributed by atoms with van der Waals surface area (Å²) >= 11 is 0. The molecule has 0 radical (unpaired) electrons. The third-order valence-electron chi connectivity index (χ3n) is 3.04. The van der Waals surface area contributed by atoms with Gasteiger partial charge in [0.05, 0.1) is 23.6 Å². The Morgan fingerprint density at radius 3 is 2.70 bits per heavy atom. The van der Waals surface area contributed by atoms with E-state index < -0.39 is 23.5 Å². The molecule has 0 saturated heterocycles. The van der Waals surface area contributed by atoms with Crippen LogP contribution in [-0.2, 0) is 4.74 Å². The van der Waals surface area contributed by atoms with Crippen LogP contribution in [0.5, 0.6) is 0 Å². The Morgan fingerprint density at radius 1 is 1.43 bits per heavy atom. The lowest BCUT2D eigenvalue weighted by Crippen LogP contribution is -2.24. The summed E-state index contributed by atoms with van der Waals surface area (Å²) in [6.45, 7) is 6.96. The van der Waals surface area contributed by atoms with Crippen molar-refractivity contribution in [2.75, 3.05) is 0 Å². The quantitative estimate of drug-likeness (QED) is 0.876. The van der Waals surface area contributed by atoms with Gasteiger partial charge in [-0.15, -0.1) is 0 Å². The highest BCUT2D eigenvalue weighted by Gasteiger charge is 2.21. The molecule has 2 rings (SSSR count). The van der Waals surface area contributed by atoms with Crippen molar-refractivity contribution in [3.05, 3.63) is 41.5 Å². The van der Waals surface area contributed by atoms with E-state index in [1.54, 1.807) is 20.8 Å². The first kappa shape index (κ1) is 17.1. The van der Waals surface area contributed by atoms with E-state index in [9.17, 15) is 14.3 Å². The molecule has 6 nitrogen and oxygen atoms in total. The second kappa shape index (κ2) is 6.45. The first-order chi connectivity index (χ1) is 10.7. The van der Waals surface area contributed by atoms with Crippen LogP contribution in [0.15, 0.2) is 24.4 Å². The van der Waals surface area contributed by atoms with Crippen LogP contribution < -0.4 is 0 Å². The number of carbonyl (C=O) groups excluding carboxylic acids is 1. The number of halogens is 1. The molecule has 1 atom stereocenters. The van der Waals surface area contributed by atoms with Gasteiger partial charge in [-0.1, -0.05) is 6.92 Å². The Labute approximate surface area is 133 Å². The first-order valence-electron chi connectivity index (χ1n) is 7.35. The van der Waals surface area contributed by atoms with E-state index in [0.717, 1.165) is 6.07 Å². The number of esters is 1. The van der Waals surface area contributed by atoms with Crippen LogP contribution in [0.4, 0.5) is 4.39 Å². The van der Waals surface area contributed by atoms with Gasteiger partial charge in [0.15, 0.2) is 0 Å². The third-order valence-corrected chi connectivity index (χ3v) is 3.04. The standard InChI is InChI=1S/C16H20FN3O3/c1-5-14(21)13-9-18-20(19-13)10-6-7-11(12(17)8-10)15(22)23-16(2,3)4/h6-9,14,21H,5H2,1-4H3/t14-/m0/s1. The summed E-state index contributed by atoms with van der Waals surface area (Å²) in [4.78, 5) is 13.1. The summed E-state index contributed by atoms with van der Waals surface area (Å²) in [7, 11) is 0. The van der Waals surface area contributed by atoms with Crippen molar-refractivity contribution in [2.24, 2.45) is 0 Å². The molecule has 0 amide bonds. The van der Waals surface area contributed by atoms with Crippen LogP contribution in [0.2, 0.25) is 0 Å². The lowest BCUT2D eigenvalue weighted by molar-refractivity contribution is 0.00647. The number of aliphatic hydroxyl groups is 1. The Morgan fingerprint density at radius 2 is 2.13 bits per heavy atom. The van der Waals surface area contributed by atoms with Crippen molar-refractivity contribution in [3.63, 3.8) is 0 Å². The van der Waals surface area contributed by atoms with Gasteiger partial charge in [-0.3, -0.25) is 0 Å². The number of carbonyl (C=O) groups is 1. The van der Waals surface area contributed by atoms with Crippen LogP contribution in [0.3, 0.4) is 0 Å². The normalized spacial score (nSPS) is 13.0. The maximum absolute atomic E-state index is 14.2. The molecular formula is C16H20FN3O3. The third kappa shape index (κ3) is 4.13. The second-order valence-electron chi connectivity index (χ2n) is 6.15. The van der Waals surface area contributed by atoms with E-state index in [4.69, 9.17) is 4.74 Å². The average molecular weight is 321 g/mol. The van der Waals surface area contributed by atoms with E-state index in [1.165, 1.54) is 23.1 Å². The number of benzene rings is 1. The molecule has 0 aliphatic carbocycles. The van der Waals surface area contributed by atoms with E-state index in [-0.39, 0.29) is 5.56 Å². The van der Waals surface area contributed by atoms with Gasteiger partial charge in [-0.25, -0.2) is 9.18 Å². The van der Waals surface area contributed by atoms with Gasteiger partial charge in [0, 0.05) is 6.07 Å². The van der Waals surface area contributed by atoms with Gasteiger partial charge >= 0.3 is 5.97 Å². The zero-order valence-electron chi connectivity index (χ0n) is 13.6. The SMILES string of the molecule is CC[C@H](O)c1cnn(-c2ccc(C(=O)OC(C)(C)C)c(F)c2)n1. The molecule has 0 saturated carbocycles. The summed E-state index contributed by atoms with van der Waals surface area (Å²) in [5, 5.41) is 17.8. The summed E-state index contributed by atoms with van der Waals surface area (Å²) < 4.78 is 19.3. The van der Waals surface area contributed by atoms with Crippen LogP contribution in [0, 0.1) is 5.82 Å². The van der Waals surface area contributed by atoms with Crippen molar-refractivity contribution >= 4 is 5.97 Å². The topological polar surface area (TPSA) is 77.2 Å². The molecule has 2 aromatic rings. The lowest BCUT2D eigenvalue weighted by Gasteiger charge is -2.19. The molecule has 0 aliphatic rings. The number of ether oxygens (including phenoxy) is 1. The number of nitrogens with zero attached hydrogens (tertiary/aromatic N) is 3. The molecule has 1 heterocycles. The number of aliphatic hydroxyl groups excluding tert-OH is 1. The molecule has 1 aromatic heterocycles. The van der Waals surface area contributed by atoms with Crippen molar-refractivity contribution in [3.8, 4) is 5.69 Å². The van der Waals surface area contributed by atoms with Crippen LogP contribution >= 0.6 is 0 Å². The van der Waals surface area contributed by atoms with Crippen LogP contribution in [-0.4, -0.2) is 31.7 Å². The average Bonchev–Trinajstić information content (AvgIpc) is 2.94. The molecule has 23 heavy (non-hydrogen) atoms. The molecule has 7 heteroatoms.